The topological polar surface area (TPSA) is 609 Å². The Labute approximate surface area is 762 Å². The summed E-state index contributed by atoms with van der Waals surface area (Å²) in [5.74, 6) is -2.31. The van der Waals surface area contributed by atoms with Crippen LogP contribution in [0.25, 0.3) is 0 Å². The van der Waals surface area contributed by atoms with E-state index in [-0.39, 0.29) is 77.9 Å². The summed E-state index contributed by atoms with van der Waals surface area (Å²) in [7, 11) is -33.3. The number of benzene rings is 3. The van der Waals surface area contributed by atoms with Crippen molar-refractivity contribution >= 4 is 97.0 Å². The van der Waals surface area contributed by atoms with Crippen LogP contribution >= 0.6 is 0 Å². The van der Waals surface area contributed by atoms with Crippen LogP contribution in [0.4, 0.5) is 0 Å². The number of likely N-dealkylation sites (tertiary alicyclic amines) is 2. The van der Waals surface area contributed by atoms with Crippen molar-refractivity contribution in [3.63, 3.8) is 0 Å². The zero-order valence-corrected chi connectivity index (χ0v) is 81.6. The second-order valence-electron chi connectivity index (χ2n) is 31.0. The molecular formula is C77H145N11O31S9. The minimum absolute atomic E-state index is 0.0376. The Morgan fingerprint density at radius 1 is 0.398 bits per heavy atom. The van der Waals surface area contributed by atoms with E-state index in [2.05, 4.69) is 74.1 Å². The van der Waals surface area contributed by atoms with E-state index in [1.54, 1.807) is 56.4 Å². The third kappa shape index (κ3) is 70.5. The Morgan fingerprint density at radius 2 is 0.727 bits per heavy atom. The van der Waals surface area contributed by atoms with Crippen molar-refractivity contribution in [2.75, 3.05) is 243 Å². The van der Waals surface area contributed by atoms with E-state index in [9.17, 15) is 85.7 Å². The van der Waals surface area contributed by atoms with E-state index < -0.39 is 115 Å². The molecule has 5 heterocycles. The Hall–Kier alpha value is -4.20. The Balaban J connectivity index is 0.000000737. The van der Waals surface area contributed by atoms with Crippen molar-refractivity contribution in [2.24, 2.45) is 0 Å². The molecule has 0 saturated carbocycles. The van der Waals surface area contributed by atoms with Gasteiger partial charge in [0.2, 0.25) is 0 Å². The number of nitrogens with zero attached hydrogens (tertiary/aromatic N) is 9. The Bertz CT molecular complexity index is 4450. The normalized spacial score (nSPS) is 17.2. The van der Waals surface area contributed by atoms with Crippen molar-refractivity contribution in [3.05, 3.63) is 102 Å². The summed E-state index contributed by atoms with van der Waals surface area (Å²) in [4.78, 5) is 31.4. The number of piperazine rings is 3. The van der Waals surface area contributed by atoms with Crippen LogP contribution < -0.4 is 10.6 Å². The number of β-amino-alcohol motifs (C(OH)–C–C–N with tert-alkyl or cyclic N) is 2. The predicted molar refractivity (Wildman–Crippen MR) is 492 cm³/mol. The minimum Gasteiger partial charge on any atom is -0.465 e. The number of rotatable bonds is 45. The van der Waals surface area contributed by atoms with Crippen LogP contribution in [0.5, 0.6) is 0 Å². The van der Waals surface area contributed by atoms with Gasteiger partial charge in [0.15, 0.2) is 0 Å². The highest BCUT2D eigenvalue weighted by Crippen LogP contribution is 2.18. The summed E-state index contributed by atoms with van der Waals surface area (Å²) < 4.78 is 272. The van der Waals surface area contributed by atoms with Crippen LogP contribution in [0.2, 0.25) is 0 Å². The molecular weight excluding hydrogens is 1860 g/mol. The molecule has 748 valence electrons. The maximum absolute atomic E-state index is 11.9. The quantitative estimate of drug-likeness (QED) is 0.0219. The molecule has 3 aromatic rings. The molecule has 5 fully saturated rings. The average Bonchev–Trinajstić information content (AvgIpc) is 0.859. The van der Waals surface area contributed by atoms with Gasteiger partial charge in [-0.15, -0.1) is 0 Å². The van der Waals surface area contributed by atoms with E-state index in [0.29, 0.717) is 70.3 Å². The van der Waals surface area contributed by atoms with Crippen LogP contribution in [0.1, 0.15) is 127 Å². The minimum atomic E-state index is -4.11. The highest BCUT2D eigenvalue weighted by atomic mass is 32.3. The van der Waals surface area contributed by atoms with E-state index in [1.165, 1.54) is 50.2 Å². The third-order valence-corrected chi connectivity index (χ3v) is 27.6. The largest absolute Gasteiger partial charge is 0.465 e. The fourth-order valence-corrected chi connectivity index (χ4v) is 18.5. The molecule has 5 aliphatic heterocycles. The monoisotopic (exact) mass is 2010 g/mol. The highest BCUT2D eigenvalue weighted by Gasteiger charge is 2.26. The van der Waals surface area contributed by atoms with Gasteiger partial charge in [-0.1, -0.05) is 106 Å². The van der Waals surface area contributed by atoms with Gasteiger partial charge in [-0.05, 0) is 192 Å². The van der Waals surface area contributed by atoms with E-state index in [0.717, 1.165) is 156 Å². The number of nitrogens with one attached hydrogen (secondary N) is 2. The fraction of sp³-hybridized carbons (Fsp3) is 0.753. The van der Waals surface area contributed by atoms with Gasteiger partial charge < -0.3 is 55.0 Å². The summed E-state index contributed by atoms with van der Waals surface area (Å²) in [6.45, 7) is 29.2. The predicted octanol–water partition coefficient (Wildman–Crippen LogP) is 2.00. The van der Waals surface area contributed by atoms with E-state index >= 15 is 0 Å². The van der Waals surface area contributed by atoms with Crippen LogP contribution in [-0.4, -0.2) is 426 Å². The number of ether oxygens (including phenoxy) is 1. The fourth-order valence-electron chi connectivity index (χ4n) is 13.7. The zero-order valence-electron chi connectivity index (χ0n) is 74.3. The van der Waals surface area contributed by atoms with Crippen molar-refractivity contribution in [1.29, 1.82) is 0 Å². The first-order valence-electron chi connectivity index (χ1n) is 42.8. The Kier molecular flexibility index (Phi) is 62.3. The first kappa shape index (κ1) is 122. The van der Waals surface area contributed by atoms with E-state index in [4.69, 9.17) is 50.8 Å². The highest BCUT2D eigenvalue weighted by molar-refractivity contribution is 7.87. The number of aliphatic hydroxyl groups excluding tert-OH is 2. The molecule has 13 N–H and O–H groups in total. The molecule has 0 aliphatic carbocycles. The number of carbonyl (C=O) groups excluding carboxylic acids is 1. The van der Waals surface area contributed by atoms with Crippen LogP contribution in [0.15, 0.2) is 89.8 Å². The molecule has 0 amide bonds. The molecule has 128 heavy (non-hydrogen) atoms. The lowest BCUT2D eigenvalue weighted by Gasteiger charge is -2.35. The van der Waals surface area contributed by atoms with Crippen LogP contribution in [0, 0.1) is 0 Å². The average molecular weight is 2010 g/mol. The zero-order chi connectivity index (χ0) is 96.5. The van der Waals surface area contributed by atoms with Crippen LogP contribution in [-0.2, 0) is 114 Å². The van der Waals surface area contributed by atoms with Crippen molar-refractivity contribution in [1.82, 2.24) is 54.7 Å². The summed E-state index contributed by atoms with van der Waals surface area (Å²) >= 11 is 0. The SMILES string of the molecule is CCN(CC)CCCS(=O)(=O)O.CCOC(=O)C(NCCCS(=O)(=O)O)c1ccccc1.CNCc1ccccc1S(=O)(=O)O.O=S(=O)(O)CC(O)CN1CCN(CCO)CC1.O=S(=O)(O)CCCN1CCCCC1.O=S(=O)(O)CCCN1CCCCC1.O=S(=O)(O)CCCN1CCN(CCCS(=O)(=O)O)CC1.O=S(=O)(O)CCCN1CCN(Cc2ccccc2)CC1. The van der Waals surface area contributed by atoms with Crippen molar-refractivity contribution < 1.29 is 136 Å². The maximum atomic E-state index is 11.9. The summed E-state index contributed by atoms with van der Waals surface area (Å²) in [5, 5.41) is 24.0. The number of piperidine rings is 2. The van der Waals surface area contributed by atoms with Gasteiger partial charge in [-0.3, -0.25) is 55.7 Å². The van der Waals surface area contributed by atoms with Gasteiger partial charge >= 0.3 is 5.97 Å². The lowest BCUT2D eigenvalue weighted by atomic mass is 10.1. The molecule has 51 heteroatoms. The molecule has 0 spiro atoms. The molecule has 5 aliphatic rings. The second-order valence-corrected chi connectivity index (χ2v) is 44.9. The first-order chi connectivity index (χ1) is 59.7. The van der Waals surface area contributed by atoms with Crippen molar-refractivity contribution in [3.8, 4) is 0 Å². The molecule has 5 saturated heterocycles. The molecule has 0 radical (unpaired) electrons. The van der Waals surface area contributed by atoms with Gasteiger partial charge in [0.25, 0.3) is 91.1 Å². The number of aliphatic hydroxyl groups is 2. The molecule has 2 atom stereocenters. The lowest BCUT2D eigenvalue weighted by molar-refractivity contribution is -0.145. The summed E-state index contributed by atoms with van der Waals surface area (Å²) in [5.41, 5.74) is 2.64. The van der Waals surface area contributed by atoms with Gasteiger partial charge in [0, 0.05) is 105 Å². The number of esters is 1. The number of carbonyl (C=O) groups is 1. The van der Waals surface area contributed by atoms with Gasteiger partial charge in [0.05, 0.1) is 64.5 Å². The summed E-state index contributed by atoms with van der Waals surface area (Å²) in [6.07, 6.45) is 9.47. The third-order valence-electron chi connectivity index (χ3n) is 20.2. The smallest absolute Gasteiger partial charge is 0.327 e. The van der Waals surface area contributed by atoms with Gasteiger partial charge in [0.1, 0.15) is 11.8 Å². The number of hydrogen-bond acceptors (Lipinski definition) is 33. The molecule has 42 nitrogen and oxygen atoms in total. The number of hydrogen-bond donors (Lipinski definition) is 13. The first-order valence-corrected chi connectivity index (χ1v) is 57.1. The standard InChI is InChI=1S/C14H22N2O3S.C13H19NO5S.C10H22N2O6S2.C9H20N2O5S.C8H11NO3S.2C8H17NO3S.C7H17NO3S/c17-20(18,19)12-4-7-15-8-10-16(11-9-15)13-14-5-2-1-3-6-14;1-2-19-13(15)12(11-7-4-3-5-8-11)14-9-6-10-20(16,17)18;13-19(14,15)9-1-3-11-5-7-12(8-6-11)4-2-10-20(16,17)18;12-6-5-10-1-3-11(4-2-10)7-9(13)8-17(14,15)16;1-9-6-7-4-2-3-5-8(7)13(10,11)12;2*10-13(11,12)8-4-7-9-5-2-1-3-6-9;1-3-8(4-2)6-5-7-12(9,10)11/h1-3,5-6H,4,7-13H2,(H,17,18,19);3-5,7-8,12,14H,2,6,9-10H2,1H3,(H,16,17,18);1-10H2,(H,13,14,15)(H,16,17,18);9,12-13H,1-8H2,(H,14,15,16);2-5,9H,6H2,1H3,(H,10,11,12);2*1-8H2,(H,10,11,12);3-7H2,1-2H3,(H,9,10,11). The van der Waals surface area contributed by atoms with E-state index in [1.807, 2.05) is 30.9 Å². The molecule has 3 aromatic carbocycles. The molecule has 0 bridgehead atoms. The molecule has 0 aromatic heterocycles. The van der Waals surface area contributed by atoms with Gasteiger partial charge in [-0.2, -0.15) is 75.8 Å². The maximum Gasteiger partial charge on any atom is 0.327 e. The molecule has 8 rings (SSSR count). The van der Waals surface area contributed by atoms with Gasteiger partial charge in [-0.25, -0.2) is 4.79 Å². The molecule has 2 unspecified atom stereocenters. The van der Waals surface area contributed by atoms with Crippen molar-refractivity contribution in [2.45, 2.75) is 134 Å². The van der Waals surface area contributed by atoms with Crippen LogP contribution in [0.3, 0.4) is 0 Å². The Morgan fingerprint density at radius 3 is 1.07 bits per heavy atom. The second kappa shape index (κ2) is 65.5. The summed E-state index contributed by atoms with van der Waals surface area (Å²) in [6, 6.07) is 25.1. The lowest BCUT2D eigenvalue weighted by Crippen LogP contribution is -2.49.